The van der Waals surface area contributed by atoms with Crippen LogP contribution < -0.4 is 10.6 Å². The van der Waals surface area contributed by atoms with Gasteiger partial charge in [0, 0.05) is 12.1 Å². The molecule has 1 aromatic heterocycles. The zero-order chi connectivity index (χ0) is 20.2. The third-order valence-corrected chi connectivity index (χ3v) is 4.51. The first-order valence-corrected chi connectivity index (χ1v) is 9.17. The normalized spacial score (nSPS) is 15.0. The van der Waals surface area contributed by atoms with E-state index in [1.165, 1.54) is 0 Å². The van der Waals surface area contributed by atoms with E-state index < -0.39 is 11.9 Å². The summed E-state index contributed by atoms with van der Waals surface area (Å²) in [7, 11) is 0. The molecule has 0 aliphatic carbocycles. The van der Waals surface area contributed by atoms with E-state index in [0.29, 0.717) is 5.95 Å². The molecule has 0 fully saturated rings. The average Bonchev–Trinajstić information content (AvgIpc) is 3.15. The minimum Gasteiger partial charge on any atom is -0.481 e. The Kier molecular flexibility index (Phi) is 5.07. The molecule has 2 aromatic carbocycles. The number of benzene rings is 2. The Morgan fingerprint density at radius 3 is 2.41 bits per heavy atom. The number of carbonyl (C=O) groups excluding carboxylic acids is 1. The number of rotatable bonds is 6. The lowest BCUT2D eigenvalue weighted by atomic mass is 10.0. The number of fused-ring (bicyclic) bond motifs is 1. The van der Waals surface area contributed by atoms with Crippen molar-refractivity contribution in [3.8, 4) is 0 Å². The Morgan fingerprint density at radius 2 is 1.72 bits per heavy atom. The van der Waals surface area contributed by atoms with Crippen LogP contribution in [0.1, 0.15) is 30.0 Å². The molecule has 1 atom stereocenters. The van der Waals surface area contributed by atoms with Crippen LogP contribution in [0.5, 0.6) is 0 Å². The largest absolute Gasteiger partial charge is 0.481 e. The van der Waals surface area contributed by atoms with Gasteiger partial charge in [-0.1, -0.05) is 60.7 Å². The van der Waals surface area contributed by atoms with Crippen molar-refractivity contribution in [3.63, 3.8) is 0 Å². The fourth-order valence-electron chi connectivity index (χ4n) is 3.13. The van der Waals surface area contributed by atoms with Crippen molar-refractivity contribution in [2.45, 2.75) is 18.9 Å². The quantitative estimate of drug-likeness (QED) is 0.598. The number of aliphatic carboxylic acids is 1. The summed E-state index contributed by atoms with van der Waals surface area (Å²) in [6, 6.07) is 19.5. The topological polar surface area (TPSA) is 109 Å². The Balaban J connectivity index is 1.65. The molecule has 4 rings (SSSR count). The average molecular weight is 389 g/mol. The van der Waals surface area contributed by atoms with Crippen molar-refractivity contribution < 1.29 is 14.7 Å². The molecule has 1 aliphatic rings. The van der Waals surface area contributed by atoms with E-state index in [9.17, 15) is 9.59 Å². The van der Waals surface area contributed by atoms with E-state index >= 15 is 0 Å². The highest BCUT2D eigenvalue weighted by atomic mass is 16.4. The lowest BCUT2D eigenvalue weighted by molar-refractivity contribution is -0.138. The van der Waals surface area contributed by atoms with Gasteiger partial charge in [0.1, 0.15) is 6.04 Å². The minimum atomic E-state index is -1.03. The molecule has 8 heteroatoms. The molecular formula is C21H19N5O3. The molecule has 0 saturated heterocycles. The highest BCUT2D eigenvalue weighted by molar-refractivity contribution is 5.91. The highest BCUT2D eigenvalue weighted by Gasteiger charge is 2.25. The van der Waals surface area contributed by atoms with E-state index in [4.69, 9.17) is 5.11 Å². The van der Waals surface area contributed by atoms with Crippen LogP contribution in [0, 0.1) is 0 Å². The number of anilines is 2. The van der Waals surface area contributed by atoms with Gasteiger partial charge in [-0.15, -0.1) is 5.10 Å². The molecule has 0 radical (unpaired) electrons. The van der Waals surface area contributed by atoms with Gasteiger partial charge in [-0.05, 0) is 17.2 Å². The molecule has 0 bridgehead atoms. The van der Waals surface area contributed by atoms with Gasteiger partial charge in [-0.3, -0.25) is 14.9 Å². The number of nitrogens with one attached hydrogen (secondary N) is 2. The zero-order valence-electron chi connectivity index (χ0n) is 15.4. The van der Waals surface area contributed by atoms with Gasteiger partial charge in [-0.25, -0.2) is 4.68 Å². The predicted octanol–water partition coefficient (Wildman–Crippen LogP) is 3.14. The number of carboxylic acid groups (broad SMARTS) is 1. The lowest BCUT2D eigenvalue weighted by Crippen LogP contribution is -2.20. The van der Waals surface area contributed by atoms with Crippen molar-refractivity contribution in [1.82, 2.24) is 14.8 Å². The van der Waals surface area contributed by atoms with E-state index in [-0.39, 0.29) is 24.8 Å². The van der Waals surface area contributed by atoms with Crippen LogP contribution in [0.2, 0.25) is 0 Å². The number of hydrogen-bond donors (Lipinski definition) is 3. The fraction of sp³-hybridized carbons (Fsp3) is 0.143. The van der Waals surface area contributed by atoms with Crippen molar-refractivity contribution in [2.24, 2.45) is 0 Å². The molecule has 1 unspecified atom stereocenters. The fourth-order valence-corrected chi connectivity index (χ4v) is 3.13. The Bertz CT molecular complexity index is 1060. The number of hydrogen-bond acceptors (Lipinski definition) is 5. The molecule has 0 saturated carbocycles. The van der Waals surface area contributed by atoms with Crippen LogP contribution in [0.15, 0.2) is 66.7 Å². The van der Waals surface area contributed by atoms with Crippen molar-refractivity contribution in [1.29, 1.82) is 0 Å². The van der Waals surface area contributed by atoms with Gasteiger partial charge in [0.25, 0.3) is 5.95 Å². The Hall–Kier alpha value is -3.94. The third kappa shape index (κ3) is 4.16. The maximum Gasteiger partial charge on any atom is 0.303 e. The first-order chi connectivity index (χ1) is 14.1. The summed E-state index contributed by atoms with van der Waals surface area (Å²) in [6.45, 7) is 0. The summed E-state index contributed by atoms with van der Waals surface area (Å²) in [4.78, 5) is 27.0. The molecule has 8 nitrogen and oxygen atoms in total. The SMILES string of the molecule is O=C(O)CCC(=O)Nc1nc2n(n1)C(c1ccccc1)C=C(c1ccccc1)N2. The van der Waals surface area contributed by atoms with Gasteiger partial charge in [0.15, 0.2) is 0 Å². The molecule has 0 spiro atoms. The van der Waals surface area contributed by atoms with Gasteiger partial charge < -0.3 is 10.4 Å². The predicted molar refractivity (Wildman–Crippen MR) is 108 cm³/mol. The summed E-state index contributed by atoms with van der Waals surface area (Å²) < 4.78 is 1.70. The van der Waals surface area contributed by atoms with Gasteiger partial charge in [0.05, 0.1) is 6.42 Å². The first-order valence-electron chi connectivity index (χ1n) is 9.17. The smallest absolute Gasteiger partial charge is 0.303 e. The lowest BCUT2D eigenvalue weighted by Gasteiger charge is -2.24. The molecular weight excluding hydrogens is 370 g/mol. The number of carboxylic acids is 1. The third-order valence-electron chi connectivity index (χ3n) is 4.51. The molecule has 3 aromatic rings. The molecule has 29 heavy (non-hydrogen) atoms. The zero-order valence-corrected chi connectivity index (χ0v) is 15.4. The van der Waals surface area contributed by atoms with Crippen molar-refractivity contribution in [3.05, 3.63) is 77.9 Å². The standard InChI is InChI=1S/C21H19N5O3/c27-18(11-12-19(28)29)23-20-24-21-22-16(14-7-3-1-4-8-14)13-17(26(21)25-20)15-9-5-2-6-10-15/h1-10,13,17H,11-12H2,(H,28,29)(H2,22,23,24,25,27). The monoisotopic (exact) mass is 389 g/mol. The summed E-state index contributed by atoms with van der Waals surface area (Å²) >= 11 is 0. The maximum atomic E-state index is 12.0. The van der Waals surface area contributed by atoms with E-state index in [0.717, 1.165) is 16.8 Å². The van der Waals surface area contributed by atoms with Crippen LogP contribution in [-0.4, -0.2) is 31.7 Å². The maximum absolute atomic E-state index is 12.0. The van der Waals surface area contributed by atoms with Crippen LogP contribution in [0.4, 0.5) is 11.9 Å². The summed E-state index contributed by atoms with van der Waals surface area (Å²) in [5.74, 6) is -0.845. The van der Waals surface area contributed by atoms with Crippen LogP contribution in [0.25, 0.3) is 5.70 Å². The summed E-state index contributed by atoms with van der Waals surface area (Å²) in [6.07, 6.45) is 1.68. The minimum absolute atomic E-state index is 0.131. The highest BCUT2D eigenvalue weighted by Crippen LogP contribution is 2.33. The molecule has 1 amide bonds. The second kappa shape index (κ2) is 7.97. The summed E-state index contributed by atoms with van der Waals surface area (Å²) in [5, 5.41) is 19.0. The van der Waals surface area contributed by atoms with Gasteiger partial charge >= 0.3 is 5.97 Å². The van der Waals surface area contributed by atoms with Crippen LogP contribution in [0.3, 0.4) is 0 Å². The van der Waals surface area contributed by atoms with Crippen molar-refractivity contribution in [2.75, 3.05) is 10.6 Å². The van der Waals surface area contributed by atoms with Gasteiger partial charge in [-0.2, -0.15) is 4.98 Å². The second-order valence-corrected chi connectivity index (χ2v) is 6.57. The summed E-state index contributed by atoms with van der Waals surface area (Å²) in [5.41, 5.74) is 2.93. The van der Waals surface area contributed by atoms with Crippen molar-refractivity contribution >= 4 is 29.5 Å². The molecule has 1 aliphatic heterocycles. The number of aromatic nitrogens is 3. The number of carbonyl (C=O) groups is 2. The Morgan fingerprint density at radius 1 is 1.03 bits per heavy atom. The Labute approximate surface area is 166 Å². The van der Waals surface area contributed by atoms with E-state index in [2.05, 4.69) is 26.8 Å². The number of allylic oxidation sites excluding steroid dienone is 1. The first kappa shape index (κ1) is 18.4. The molecule has 3 N–H and O–H groups in total. The molecule has 2 heterocycles. The van der Waals surface area contributed by atoms with E-state index in [1.807, 2.05) is 60.7 Å². The van der Waals surface area contributed by atoms with Gasteiger partial charge in [0.2, 0.25) is 11.9 Å². The second-order valence-electron chi connectivity index (χ2n) is 6.57. The molecule has 146 valence electrons. The van der Waals surface area contributed by atoms with Crippen LogP contribution in [-0.2, 0) is 9.59 Å². The van der Waals surface area contributed by atoms with E-state index in [1.54, 1.807) is 4.68 Å². The van der Waals surface area contributed by atoms with Crippen LogP contribution >= 0.6 is 0 Å². The number of nitrogens with zero attached hydrogens (tertiary/aromatic N) is 3. The number of amides is 1.